The predicted molar refractivity (Wildman–Crippen MR) is 79.3 cm³/mol. The number of alkyl halides is 3. The number of amides is 2. The molecule has 0 N–H and O–H groups in total. The summed E-state index contributed by atoms with van der Waals surface area (Å²) in [5, 5.41) is 0. The van der Waals surface area contributed by atoms with Crippen LogP contribution in [0.15, 0.2) is 24.3 Å². The summed E-state index contributed by atoms with van der Waals surface area (Å²) in [5.74, 6) is -1.53. The first kappa shape index (κ1) is 16.8. The molecule has 2 fully saturated rings. The number of halogens is 3. The number of hydrogen-bond donors (Lipinski definition) is 0. The number of anilines is 1. The Morgan fingerprint density at radius 1 is 1.17 bits per heavy atom. The van der Waals surface area contributed by atoms with E-state index in [2.05, 4.69) is 0 Å². The third-order valence-corrected chi connectivity index (χ3v) is 4.31. The van der Waals surface area contributed by atoms with Crippen LogP contribution in [0.25, 0.3) is 0 Å². The topological polar surface area (TPSA) is 49.9 Å². The smallest absolute Gasteiger partial charge is 0.378 e. The fourth-order valence-electron chi connectivity index (χ4n) is 3.02. The van der Waals surface area contributed by atoms with Gasteiger partial charge in [0.2, 0.25) is 11.8 Å². The lowest BCUT2D eigenvalue weighted by Crippen LogP contribution is -2.45. The number of benzene rings is 1. The molecule has 0 bridgehead atoms. The van der Waals surface area contributed by atoms with Crippen molar-refractivity contribution in [2.75, 3.05) is 37.7 Å². The van der Waals surface area contributed by atoms with Crippen LogP contribution in [0.5, 0.6) is 0 Å². The van der Waals surface area contributed by atoms with Crippen LogP contribution in [0.4, 0.5) is 18.9 Å². The summed E-state index contributed by atoms with van der Waals surface area (Å²) >= 11 is 0. The van der Waals surface area contributed by atoms with E-state index in [1.807, 2.05) is 0 Å². The minimum absolute atomic E-state index is 0.173. The highest BCUT2D eigenvalue weighted by Crippen LogP contribution is 2.33. The van der Waals surface area contributed by atoms with Crippen LogP contribution in [0.2, 0.25) is 0 Å². The zero-order valence-corrected chi connectivity index (χ0v) is 12.9. The van der Waals surface area contributed by atoms with Gasteiger partial charge in [-0.2, -0.15) is 13.2 Å². The maximum absolute atomic E-state index is 12.8. The maximum Gasteiger partial charge on any atom is 0.416 e. The number of morpholine rings is 1. The van der Waals surface area contributed by atoms with Crippen molar-refractivity contribution >= 4 is 17.5 Å². The van der Waals surface area contributed by atoms with E-state index < -0.39 is 23.6 Å². The third kappa shape index (κ3) is 3.24. The molecule has 3 rings (SSSR count). The minimum Gasteiger partial charge on any atom is -0.378 e. The molecule has 5 nitrogen and oxygen atoms in total. The largest absolute Gasteiger partial charge is 0.416 e. The summed E-state index contributed by atoms with van der Waals surface area (Å²) in [6.45, 7) is 1.98. The zero-order valence-electron chi connectivity index (χ0n) is 12.9. The number of rotatable bonds is 2. The number of hydrogen-bond acceptors (Lipinski definition) is 3. The van der Waals surface area contributed by atoms with E-state index in [4.69, 9.17) is 4.74 Å². The van der Waals surface area contributed by atoms with Gasteiger partial charge in [-0.15, -0.1) is 0 Å². The molecule has 2 aliphatic rings. The van der Waals surface area contributed by atoms with Gasteiger partial charge in [0.15, 0.2) is 0 Å². The summed E-state index contributed by atoms with van der Waals surface area (Å²) in [4.78, 5) is 27.8. The lowest BCUT2D eigenvalue weighted by molar-refractivity contribution is -0.143. The minimum atomic E-state index is -4.47. The van der Waals surface area contributed by atoms with Crippen molar-refractivity contribution in [3.05, 3.63) is 29.8 Å². The summed E-state index contributed by atoms with van der Waals surface area (Å²) in [5.41, 5.74) is -0.636. The Labute approximate surface area is 137 Å². The van der Waals surface area contributed by atoms with Gasteiger partial charge in [0.1, 0.15) is 5.92 Å². The second-order valence-electron chi connectivity index (χ2n) is 5.82. The van der Waals surface area contributed by atoms with Crippen LogP contribution in [-0.2, 0) is 20.5 Å². The van der Waals surface area contributed by atoms with Crippen molar-refractivity contribution in [3.63, 3.8) is 0 Å². The molecular weight excluding hydrogens is 325 g/mol. The van der Waals surface area contributed by atoms with E-state index in [1.54, 1.807) is 4.90 Å². The van der Waals surface area contributed by atoms with Crippen LogP contribution in [0.3, 0.4) is 0 Å². The molecule has 1 aromatic rings. The van der Waals surface area contributed by atoms with E-state index in [9.17, 15) is 22.8 Å². The normalized spacial score (nSPS) is 22.1. The fourth-order valence-corrected chi connectivity index (χ4v) is 3.02. The van der Waals surface area contributed by atoms with E-state index in [0.717, 1.165) is 12.1 Å². The van der Waals surface area contributed by atoms with Gasteiger partial charge in [0, 0.05) is 25.3 Å². The maximum atomic E-state index is 12.8. The van der Waals surface area contributed by atoms with Crippen LogP contribution >= 0.6 is 0 Å². The first-order valence-electron chi connectivity index (χ1n) is 7.73. The Morgan fingerprint density at radius 2 is 1.88 bits per heavy atom. The number of nitrogens with zero attached hydrogens (tertiary/aromatic N) is 2. The summed E-state index contributed by atoms with van der Waals surface area (Å²) in [7, 11) is 0. The molecule has 2 amide bonds. The SMILES string of the molecule is O=C([C@@H]1CCN(c2cccc(C(F)(F)F)c2)C1=O)N1CCOCC1. The lowest BCUT2D eigenvalue weighted by atomic mass is 10.1. The van der Waals surface area contributed by atoms with Gasteiger partial charge in [-0.25, -0.2) is 0 Å². The molecule has 1 aromatic carbocycles. The van der Waals surface area contributed by atoms with E-state index in [0.29, 0.717) is 32.7 Å². The van der Waals surface area contributed by atoms with Crippen molar-refractivity contribution in [1.29, 1.82) is 0 Å². The van der Waals surface area contributed by atoms with E-state index in [1.165, 1.54) is 17.0 Å². The summed E-state index contributed by atoms with van der Waals surface area (Å²) in [6.07, 6.45) is -4.16. The highest BCUT2D eigenvalue weighted by atomic mass is 19.4. The predicted octanol–water partition coefficient (Wildman–Crippen LogP) is 1.92. The number of carbonyl (C=O) groups excluding carboxylic acids is 2. The average Bonchev–Trinajstić information content (AvgIpc) is 2.96. The molecule has 2 aliphatic heterocycles. The molecule has 2 heterocycles. The van der Waals surface area contributed by atoms with Crippen molar-refractivity contribution in [1.82, 2.24) is 4.90 Å². The Morgan fingerprint density at radius 3 is 2.54 bits per heavy atom. The average molecular weight is 342 g/mol. The van der Waals surface area contributed by atoms with Gasteiger partial charge in [0.25, 0.3) is 0 Å². The van der Waals surface area contributed by atoms with Crippen molar-refractivity contribution in [2.45, 2.75) is 12.6 Å². The molecule has 0 unspecified atom stereocenters. The molecule has 130 valence electrons. The van der Waals surface area contributed by atoms with Crippen molar-refractivity contribution in [3.8, 4) is 0 Å². The Kier molecular flexibility index (Phi) is 4.49. The second-order valence-corrected chi connectivity index (χ2v) is 5.82. The zero-order chi connectivity index (χ0) is 17.3. The molecule has 24 heavy (non-hydrogen) atoms. The van der Waals surface area contributed by atoms with Gasteiger partial charge < -0.3 is 14.5 Å². The van der Waals surface area contributed by atoms with Crippen LogP contribution < -0.4 is 4.90 Å². The van der Waals surface area contributed by atoms with Gasteiger partial charge in [0.05, 0.1) is 18.8 Å². The molecular formula is C16H17F3N2O3. The molecule has 0 aromatic heterocycles. The van der Waals surface area contributed by atoms with Crippen molar-refractivity contribution < 1.29 is 27.5 Å². The molecule has 1 atom stereocenters. The molecule has 0 saturated carbocycles. The monoisotopic (exact) mass is 342 g/mol. The second kappa shape index (κ2) is 6.43. The lowest BCUT2D eigenvalue weighted by Gasteiger charge is -2.28. The van der Waals surface area contributed by atoms with Crippen LogP contribution in [0, 0.1) is 5.92 Å². The van der Waals surface area contributed by atoms with Crippen LogP contribution in [-0.4, -0.2) is 49.6 Å². The highest BCUT2D eigenvalue weighted by Gasteiger charge is 2.40. The Hall–Kier alpha value is -2.09. The molecule has 2 saturated heterocycles. The Bertz CT molecular complexity index is 642. The van der Waals surface area contributed by atoms with Crippen LogP contribution in [0.1, 0.15) is 12.0 Å². The summed E-state index contributed by atoms with van der Waals surface area (Å²) in [6, 6.07) is 4.62. The molecule has 0 aliphatic carbocycles. The van der Waals surface area contributed by atoms with E-state index >= 15 is 0 Å². The molecule has 0 spiro atoms. The summed E-state index contributed by atoms with van der Waals surface area (Å²) < 4.78 is 43.7. The molecule has 8 heteroatoms. The first-order chi connectivity index (χ1) is 11.4. The standard InChI is InChI=1S/C16H17F3N2O3/c17-16(18,19)11-2-1-3-12(10-11)21-5-4-13(15(21)23)14(22)20-6-8-24-9-7-20/h1-3,10,13H,4-9H2/t13-/m0/s1. The quantitative estimate of drug-likeness (QED) is 0.772. The third-order valence-electron chi connectivity index (χ3n) is 4.31. The highest BCUT2D eigenvalue weighted by molar-refractivity contribution is 6.09. The number of carbonyl (C=O) groups is 2. The van der Waals surface area contributed by atoms with E-state index in [-0.39, 0.29) is 18.1 Å². The fraction of sp³-hybridized carbons (Fsp3) is 0.500. The first-order valence-corrected chi connectivity index (χ1v) is 7.73. The molecule has 0 radical (unpaired) electrons. The van der Waals surface area contributed by atoms with Crippen molar-refractivity contribution in [2.24, 2.45) is 5.92 Å². The van der Waals surface area contributed by atoms with Gasteiger partial charge in [-0.3, -0.25) is 9.59 Å². The Balaban J connectivity index is 1.75. The van der Waals surface area contributed by atoms with Gasteiger partial charge in [-0.1, -0.05) is 6.07 Å². The van der Waals surface area contributed by atoms with Gasteiger partial charge >= 0.3 is 6.18 Å². The van der Waals surface area contributed by atoms with Gasteiger partial charge in [-0.05, 0) is 24.6 Å². The number of ether oxygens (including phenoxy) is 1.